The third kappa shape index (κ3) is 2.51. The Hall–Kier alpha value is -1.85. The first kappa shape index (κ1) is 15.1. The third-order valence-electron chi connectivity index (χ3n) is 3.84. The molecule has 0 amide bonds. The van der Waals surface area contributed by atoms with E-state index in [1.165, 1.54) is 0 Å². The van der Waals surface area contributed by atoms with Gasteiger partial charge in [-0.2, -0.15) is 5.10 Å². The second-order valence-electron chi connectivity index (χ2n) is 5.16. The number of rotatable bonds is 3. The minimum absolute atomic E-state index is 0.0306. The quantitative estimate of drug-likeness (QED) is 0.728. The number of fused-ring (bicyclic) bond motifs is 1. The predicted molar refractivity (Wildman–Crippen MR) is 89.6 cm³/mol. The summed E-state index contributed by atoms with van der Waals surface area (Å²) in [6.45, 7) is 2.07. The lowest BCUT2D eigenvalue weighted by Gasteiger charge is -2.27. The summed E-state index contributed by atoms with van der Waals surface area (Å²) in [5, 5.41) is 6.42. The standard InChI is InChI=1S/C15H15Cl2N5/c1-9(11-5-4-10(16)6-13(11)17)21(2)14-12-7-20-22(3)15(12)19-8-18-14/h4-9H,1-3H3. The summed E-state index contributed by atoms with van der Waals surface area (Å²) >= 11 is 12.3. The van der Waals surface area contributed by atoms with Crippen molar-refractivity contribution in [2.75, 3.05) is 11.9 Å². The predicted octanol–water partition coefficient (Wildman–Crippen LogP) is 3.87. The Bertz CT molecular complexity index is 830. The molecule has 1 atom stereocenters. The molecular formula is C15H15Cl2N5. The summed E-state index contributed by atoms with van der Waals surface area (Å²) in [7, 11) is 3.84. The van der Waals surface area contributed by atoms with Crippen LogP contribution in [0.3, 0.4) is 0 Å². The van der Waals surface area contributed by atoms with Crippen LogP contribution in [0.2, 0.25) is 10.0 Å². The minimum Gasteiger partial charge on any atom is -0.352 e. The fourth-order valence-electron chi connectivity index (χ4n) is 2.46. The van der Waals surface area contributed by atoms with Crippen molar-refractivity contribution in [3.8, 4) is 0 Å². The summed E-state index contributed by atoms with van der Waals surface area (Å²) in [5.41, 5.74) is 1.79. The topological polar surface area (TPSA) is 46.8 Å². The monoisotopic (exact) mass is 335 g/mol. The summed E-state index contributed by atoms with van der Waals surface area (Å²) < 4.78 is 1.73. The average molecular weight is 336 g/mol. The van der Waals surface area contributed by atoms with E-state index in [2.05, 4.69) is 26.9 Å². The lowest BCUT2D eigenvalue weighted by molar-refractivity contribution is 0.730. The van der Waals surface area contributed by atoms with Crippen LogP contribution in [-0.4, -0.2) is 26.8 Å². The van der Waals surface area contributed by atoms with Crippen LogP contribution in [0.5, 0.6) is 0 Å². The van der Waals surface area contributed by atoms with Crippen molar-refractivity contribution >= 4 is 40.1 Å². The molecule has 3 rings (SSSR count). The van der Waals surface area contributed by atoms with Gasteiger partial charge in [-0.25, -0.2) is 9.97 Å². The van der Waals surface area contributed by atoms with Gasteiger partial charge in [0, 0.05) is 24.1 Å². The minimum atomic E-state index is 0.0306. The molecule has 22 heavy (non-hydrogen) atoms. The Labute approximate surface area is 138 Å². The maximum absolute atomic E-state index is 6.32. The highest BCUT2D eigenvalue weighted by Crippen LogP contribution is 2.33. The van der Waals surface area contributed by atoms with Crippen LogP contribution in [0.4, 0.5) is 5.82 Å². The van der Waals surface area contributed by atoms with E-state index in [0.717, 1.165) is 22.4 Å². The van der Waals surface area contributed by atoms with Gasteiger partial charge in [-0.15, -0.1) is 0 Å². The van der Waals surface area contributed by atoms with Crippen molar-refractivity contribution in [1.82, 2.24) is 19.7 Å². The van der Waals surface area contributed by atoms with Crippen molar-refractivity contribution in [2.45, 2.75) is 13.0 Å². The van der Waals surface area contributed by atoms with Gasteiger partial charge < -0.3 is 4.90 Å². The zero-order valence-electron chi connectivity index (χ0n) is 12.5. The van der Waals surface area contributed by atoms with Crippen LogP contribution in [-0.2, 0) is 7.05 Å². The zero-order valence-corrected chi connectivity index (χ0v) is 14.0. The Kier molecular flexibility index (Phi) is 3.93. The molecule has 0 bridgehead atoms. The molecule has 3 aromatic rings. The molecule has 5 nitrogen and oxygen atoms in total. The second kappa shape index (κ2) is 5.74. The second-order valence-corrected chi connectivity index (χ2v) is 6.00. The highest BCUT2D eigenvalue weighted by Gasteiger charge is 2.19. The maximum Gasteiger partial charge on any atom is 0.163 e. The molecule has 0 fully saturated rings. The molecule has 2 heterocycles. The van der Waals surface area contributed by atoms with Gasteiger partial charge in [0.05, 0.1) is 17.6 Å². The van der Waals surface area contributed by atoms with Crippen LogP contribution >= 0.6 is 23.2 Å². The van der Waals surface area contributed by atoms with Gasteiger partial charge in [-0.1, -0.05) is 29.3 Å². The highest BCUT2D eigenvalue weighted by atomic mass is 35.5. The number of anilines is 1. The van der Waals surface area contributed by atoms with Crippen LogP contribution in [0.15, 0.2) is 30.7 Å². The molecule has 0 aliphatic carbocycles. The van der Waals surface area contributed by atoms with Crippen LogP contribution in [0.1, 0.15) is 18.5 Å². The van der Waals surface area contributed by atoms with Gasteiger partial charge in [0.15, 0.2) is 5.65 Å². The Morgan fingerprint density at radius 2 is 2.00 bits per heavy atom. The van der Waals surface area contributed by atoms with E-state index in [1.807, 2.05) is 26.2 Å². The highest BCUT2D eigenvalue weighted by molar-refractivity contribution is 6.35. The van der Waals surface area contributed by atoms with Crippen LogP contribution < -0.4 is 4.90 Å². The Balaban J connectivity index is 2.03. The van der Waals surface area contributed by atoms with Crippen molar-refractivity contribution in [2.24, 2.45) is 7.05 Å². The third-order valence-corrected chi connectivity index (χ3v) is 4.40. The Morgan fingerprint density at radius 1 is 1.23 bits per heavy atom. The molecule has 2 aromatic heterocycles. The first-order valence-corrected chi connectivity index (χ1v) is 7.55. The smallest absolute Gasteiger partial charge is 0.163 e. The van der Waals surface area contributed by atoms with E-state index < -0.39 is 0 Å². The van der Waals surface area contributed by atoms with Gasteiger partial charge in [-0.3, -0.25) is 4.68 Å². The Morgan fingerprint density at radius 3 is 2.73 bits per heavy atom. The summed E-state index contributed by atoms with van der Waals surface area (Å²) in [5.74, 6) is 0.816. The van der Waals surface area contributed by atoms with Gasteiger partial charge >= 0.3 is 0 Å². The number of nitrogens with zero attached hydrogens (tertiary/aromatic N) is 5. The average Bonchev–Trinajstić information content (AvgIpc) is 2.87. The lowest BCUT2D eigenvalue weighted by atomic mass is 10.1. The van der Waals surface area contributed by atoms with E-state index >= 15 is 0 Å². The number of aromatic nitrogens is 4. The molecular weight excluding hydrogens is 321 g/mol. The van der Waals surface area contributed by atoms with E-state index in [-0.39, 0.29) is 6.04 Å². The molecule has 1 unspecified atom stereocenters. The molecule has 0 spiro atoms. The van der Waals surface area contributed by atoms with Gasteiger partial charge in [0.1, 0.15) is 12.1 Å². The normalized spacial score (nSPS) is 12.6. The molecule has 114 valence electrons. The van der Waals surface area contributed by atoms with Crippen molar-refractivity contribution in [3.05, 3.63) is 46.3 Å². The number of hydrogen-bond donors (Lipinski definition) is 0. The number of halogens is 2. The molecule has 0 aliphatic heterocycles. The molecule has 0 saturated heterocycles. The van der Waals surface area contributed by atoms with Gasteiger partial charge in [0.2, 0.25) is 0 Å². The lowest BCUT2D eigenvalue weighted by Crippen LogP contribution is -2.23. The van der Waals surface area contributed by atoms with Gasteiger partial charge in [-0.05, 0) is 24.6 Å². The van der Waals surface area contributed by atoms with E-state index in [0.29, 0.717) is 10.0 Å². The zero-order chi connectivity index (χ0) is 15.9. The molecule has 7 heteroatoms. The maximum atomic E-state index is 6.32. The first-order chi connectivity index (χ1) is 10.5. The van der Waals surface area contributed by atoms with Crippen molar-refractivity contribution < 1.29 is 0 Å². The molecule has 0 radical (unpaired) electrons. The van der Waals surface area contributed by atoms with E-state index in [1.54, 1.807) is 23.3 Å². The van der Waals surface area contributed by atoms with E-state index in [9.17, 15) is 0 Å². The fourth-order valence-corrected chi connectivity index (χ4v) is 3.03. The van der Waals surface area contributed by atoms with Crippen molar-refractivity contribution in [3.63, 3.8) is 0 Å². The SMILES string of the molecule is CC(c1ccc(Cl)cc1Cl)N(C)c1ncnc2c1cnn2C. The largest absolute Gasteiger partial charge is 0.352 e. The molecule has 0 aliphatic rings. The molecule has 0 saturated carbocycles. The number of benzene rings is 1. The first-order valence-electron chi connectivity index (χ1n) is 6.79. The van der Waals surface area contributed by atoms with E-state index in [4.69, 9.17) is 23.2 Å². The summed E-state index contributed by atoms with van der Waals surface area (Å²) in [6.07, 6.45) is 3.32. The fraction of sp³-hybridized carbons (Fsp3) is 0.267. The number of hydrogen-bond acceptors (Lipinski definition) is 4. The molecule has 0 N–H and O–H groups in total. The van der Waals surface area contributed by atoms with Gasteiger partial charge in [0.25, 0.3) is 0 Å². The van der Waals surface area contributed by atoms with Crippen LogP contribution in [0.25, 0.3) is 11.0 Å². The van der Waals surface area contributed by atoms with Crippen LogP contribution in [0, 0.1) is 0 Å². The number of aryl methyl sites for hydroxylation is 1. The summed E-state index contributed by atoms with van der Waals surface area (Å²) in [4.78, 5) is 10.7. The molecule has 1 aromatic carbocycles. The van der Waals surface area contributed by atoms with Crippen molar-refractivity contribution in [1.29, 1.82) is 0 Å². The summed E-state index contributed by atoms with van der Waals surface area (Å²) in [6, 6.07) is 5.56.